The number of para-hydroxylation sites is 1. The van der Waals surface area contributed by atoms with E-state index in [4.69, 9.17) is 0 Å². The van der Waals surface area contributed by atoms with Crippen molar-refractivity contribution in [2.75, 3.05) is 0 Å². The number of rotatable bonds is 3. The lowest BCUT2D eigenvalue weighted by Crippen LogP contribution is -2.06. The van der Waals surface area contributed by atoms with Gasteiger partial charge in [0.05, 0.1) is 11.7 Å². The van der Waals surface area contributed by atoms with Crippen LogP contribution in [0.1, 0.15) is 16.1 Å². The molecule has 0 unspecified atom stereocenters. The summed E-state index contributed by atoms with van der Waals surface area (Å²) < 4.78 is 12.8. The molecule has 1 aromatic carbocycles. The topological polar surface area (TPSA) is 42.9 Å². The summed E-state index contributed by atoms with van der Waals surface area (Å²) in [5.41, 5.74) is 2.02. The Labute approximate surface area is 115 Å². The summed E-state index contributed by atoms with van der Waals surface area (Å²) in [4.78, 5) is 20.2. The van der Waals surface area contributed by atoms with Gasteiger partial charge in [-0.25, -0.2) is 4.39 Å². The summed E-state index contributed by atoms with van der Waals surface area (Å²) >= 11 is 0. The number of ketones is 1. The highest BCUT2D eigenvalue weighted by Crippen LogP contribution is 2.17. The molecule has 3 rings (SSSR count). The van der Waals surface area contributed by atoms with E-state index < -0.39 is 5.82 Å². The van der Waals surface area contributed by atoms with Crippen molar-refractivity contribution >= 4 is 16.7 Å². The van der Waals surface area contributed by atoms with Crippen LogP contribution in [0.2, 0.25) is 0 Å². The standard InChI is InChI=1S/C16H11FN2O/c17-12-5-6-15(19-10-12)16(20)9-11-7-8-18-14-4-2-1-3-13(11)14/h1-8,10H,9H2. The SMILES string of the molecule is O=C(Cc1ccnc2ccccc12)c1ccc(F)cn1. The zero-order chi connectivity index (χ0) is 13.9. The predicted octanol–water partition coefficient (Wildman–Crippen LogP) is 3.19. The Morgan fingerprint density at radius 3 is 2.70 bits per heavy atom. The van der Waals surface area contributed by atoms with Gasteiger partial charge in [0, 0.05) is 18.0 Å². The number of carbonyl (C=O) groups excluding carboxylic acids is 1. The Morgan fingerprint density at radius 2 is 1.90 bits per heavy atom. The van der Waals surface area contributed by atoms with E-state index in [9.17, 15) is 9.18 Å². The number of Topliss-reactive ketones (excluding diaryl/α,β-unsaturated/α-hetero) is 1. The maximum atomic E-state index is 12.8. The molecule has 0 radical (unpaired) electrons. The molecular weight excluding hydrogens is 255 g/mol. The first-order valence-corrected chi connectivity index (χ1v) is 6.21. The number of benzene rings is 1. The summed E-state index contributed by atoms with van der Waals surface area (Å²) in [7, 11) is 0. The monoisotopic (exact) mass is 266 g/mol. The molecule has 0 fully saturated rings. The van der Waals surface area contributed by atoms with Crippen molar-refractivity contribution in [3.05, 3.63) is 71.9 Å². The lowest BCUT2D eigenvalue weighted by molar-refractivity contribution is 0.0988. The second-order valence-electron chi connectivity index (χ2n) is 4.45. The molecule has 0 bridgehead atoms. The fourth-order valence-corrected chi connectivity index (χ4v) is 2.11. The van der Waals surface area contributed by atoms with Crippen LogP contribution in [0.4, 0.5) is 4.39 Å². The Kier molecular flexibility index (Phi) is 3.21. The minimum Gasteiger partial charge on any atom is -0.292 e. The first-order chi connectivity index (χ1) is 9.74. The highest BCUT2D eigenvalue weighted by molar-refractivity contribution is 5.98. The van der Waals surface area contributed by atoms with E-state index in [-0.39, 0.29) is 17.9 Å². The van der Waals surface area contributed by atoms with E-state index >= 15 is 0 Å². The third-order valence-corrected chi connectivity index (χ3v) is 3.10. The smallest absolute Gasteiger partial charge is 0.185 e. The number of hydrogen-bond donors (Lipinski definition) is 0. The first kappa shape index (κ1) is 12.4. The van der Waals surface area contributed by atoms with Crippen LogP contribution in [-0.4, -0.2) is 15.8 Å². The Balaban J connectivity index is 1.93. The van der Waals surface area contributed by atoms with Gasteiger partial charge in [0.25, 0.3) is 0 Å². The molecule has 0 N–H and O–H groups in total. The van der Waals surface area contributed by atoms with Crippen LogP contribution in [0.15, 0.2) is 54.9 Å². The number of halogens is 1. The normalized spacial score (nSPS) is 10.7. The zero-order valence-electron chi connectivity index (χ0n) is 10.6. The molecule has 98 valence electrons. The van der Waals surface area contributed by atoms with Gasteiger partial charge in [-0.05, 0) is 29.8 Å². The van der Waals surface area contributed by atoms with Crippen LogP contribution in [0.3, 0.4) is 0 Å². The summed E-state index contributed by atoms with van der Waals surface area (Å²) in [6.07, 6.45) is 2.96. The molecule has 20 heavy (non-hydrogen) atoms. The molecule has 0 saturated heterocycles. The number of aromatic nitrogens is 2. The quantitative estimate of drug-likeness (QED) is 0.684. The Hall–Kier alpha value is -2.62. The summed E-state index contributed by atoms with van der Waals surface area (Å²) in [6, 6.07) is 12.1. The molecule has 2 aromatic heterocycles. The van der Waals surface area contributed by atoms with Gasteiger partial charge in [0.1, 0.15) is 11.5 Å². The largest absolute Gasteiger partial charge is 0.292 e. The van der Waals surface area contributed by atoms with Gasteiger partial charge >= 0.3 is 0 Å². The van der Waals surface area contributed by atoms with Crippen molar-refractivity contribution in [1.29, 1.82) is 0 Å². The molecule has 3 aromatic rings. The number of carbonyl (C=O) groups is 1. The van der Waals surface area contributed by atoms with E-state index in [0.29, 0.717) is 0 Å². The van der Waals surface area contributed by atoms with Crippen LogP contribution in [0.5, 0.6) is 0 Å². The third-order valence-electron chi connectivity index (χ3n) is 3.10. The van der Waals surface area contributed by atoms with Gasteiger partial charge in [0.2, 0.25) is 0 Å². The number of hydrogen-bond acceptors (Lipinski definition) is 3. The van der Waals surface area contributed by atoms with Crippen LogP contribution in [0, 0.1) is 5.82 Å². The molecule has 4 heteroatoms. The van der Waals surface area contributed by atoms with Crippen molar-refractivity contribution in [2.45, 2.75) is 6.42 Å². The Morgan fingerprint density at radius 1 is 1.05 bits per heavy atom. The fraction of sp³-hybridized carbons (Fsp3) is 0.0625. The average Bonchev–Trinajstić information content (AvgIpc) is 2.48. The minimum absolute atomic E-state index is 0.138. The van der Waals surface area contributed by atoms with E-state index in [1.807, 2.05) is 30.3 Å². The second kappa shape index (κ2) is 5.17. The summed E-state index contributed by atoms with van der Waals surface area (Å²) in [5.74, 6) is -0.586. The minimum atomic E-state index is -0.448. The van der Waals surface area contributed by atoms with E-state index in [1.165, 1.54) is 12.1 Å². The van der Waals surface area contributed by atoms with Crippen LogP contribution >= 0.6 is 0 Å². The van der Waals surface area contributed by atoms with Gasteiger partial charge in [-0.2, -0.15) is 0 Å². The van der Waals surface area contributed by atoms with Gasteiger partial charge in [-0.3, -0.25) is 14.8 Å². The van der Waals surface area contributed by atoms with Gasteiger partial charge in [0.15, 0.2) is 5.78 Å². The van der Waals surface area contributed by atoms with Gasteiger partial charge in [-0.15, -0.1) is 0 Å². The average molecular weight is 266 g/mol. The molecular formula is C16H11FN2O. The van der Waals surface area contributed by atoms with Crippen molar-refractivity contribution in [1.82, 2.24) is 9.97 Å². The summed E-state index contributed by atoms with van der Waals surface area (Å²) in [5, 5.41) is 0.950. The molecule has 2 heterocycles. The molecule has 0 saturated carbocycles. The molecule has 0 aliphatic rings. The molecule has 0 aliphatic heterocycles. The highest BCUT2D eigenvalue weighted by Gasteiger charge is 2.11. The Bertz CT molecular complexity index is 764. The van der Waals surface area contributed by atoms with E-state index in [2.05, 4.69) is 9.97 Å². The van der Waals surface area contributed by atoms with Gasteiger partial charge < -0.3 is 0 Å². The highest BCUT2D eigenvalue weighted by atomic mass is 19.1. The van der Waals surface area contributed by atoms with Crippen LogP contribution in [-0.2, 0) is 6.42 Å². The lowest BCUT2D eigenvalue weighted by atomic mass is 10.0. The van der Waals surface area contributed by atoms with Crippen molar-refractivity contribution < 1.29 is 9.18 Å². The second-order valence-corrected chi connectivity index (χ2v) is 4.45. The zero-order valence-corrected chi connectivity index (χ0v) is 10.6. The molecule has 3 nitrogen and oxygen atoms in total. The van der Waals surface area contributed by atoms with Crippen LogP contribution < -0.4 is 0 Å². The number of pyridine rings is 2. The van der Waals surface area contributed by atoms with E-state index in [1.54, 1.807) is 6.20 Å². The molecule has 0 atom stereocenters. The first-order valence-electron chi connectivity index (χ1n) is 6.21. The van der Waals surface area contributed by atoms with E-state index in [0.717, 1.165) is 22.7 Å². The van der Waals surface area contributed by atoms with Crippen LogP contribution in [0.25, 0.3) is 10.9 Å². The fourth-order valence-electron chi connectivity index (χ4n) is 2.11. The van der Waals surface area contributed by atoms with Gasteiger partial charge in [-0.1, -0.05) is 18.2 Å². The third kappa shape index (κ3) is 2.40. The summed E-state index contributed by atoms with van der Waals surface area (Å²) in [6.45, 7) is 0. The maximum absolute atomic E-state index is 12.8. The predicted molar refractivity (Wildman–Crippen MR) is 74.0 cm³/mol. The number of fused-ring (bicyclic) bond motifs is 1. The number of nitrogens with zero attached hydrogens (tertiary/aromatic N) is 2. The maximum Gasteiger partial charge on any atom is 0.185 e. The van der Waals surface area contributed by atoms with Crippen molar-refractivity contribution in [2.24, 2.45) is 0 Å². The van der Waals surface area contributed by atoms with Crippen molar-refractivity contribution in [3.8, 4) is 0 Å². The lowest BCUT2D eigenvalue weighted by Gasteiger charge is -2.05. The molecule has 0 aliphatic carbocycles. The van der Waals surface area contributed by atoms with Crippen molar-refractivity contribution in [3.63, 3.8) is 0 Å². The molecule has 0 amide bonds. The molecule has 0 spiro atoms.